The Morgan fingerprint density at radius 2 is 1.70 bits per heavy atom. The highest BCUT2D eigenvalue weighted by atomic mass is 16.5. The predicted octanol–water partition coefficient (Wildman–Crippen LogP) is 4.84. The standard InChI is InChI=1S/C31H31N3O3/c1-31-29-28(23-15-6-8-16-25(23)32-29)24(22-14-7-9-17-26(22)37-2)19-34(31)27(35)20-33(30(31)36)18-10-13-21-11-4-3-5-12-21/h3-9,11-12,14-17,24,32H,10,13,18-20H2,1-2H3/t24?,31-/m0/s1. The number of carbonyl (C=O) groups is 2. The molecule has 6 nitrogen and oxygen atoms in total. The molecule has 0 aliphatic carbocycles. The molecule has 3 heterocycles. The van der Waals surface area contributed by atoms with Crippen LogP contribution in [0.5, 0.6) is 5.75 Å². The van der Waals surface area contributed by atoms with Gasteiger partial charge in [0.2, 0.25) is 5.91 Å². The van der Waals surface area contributed by atoms with E-state index in [1.54, 1.807) is 16.9 Å². The minimum absolute atomic E-state index is 0.0218. The maximum Gasteiger partial charge on any atom is 0.254 e. The number of rotatable bonds is 6. The molecule has 2 amide bonds. The molecule has 0 radical (unpaired) electrons. The maximum atomic E-state index is 14.2. The molecular weight excluding hydrogens is 462 g/mol. The van der Waals surface area contributed by atoms with Crippen molar-refractivity contribution in [3.05, 3.63) is 101 Å². The molecule has 1 unspecified atom stereocenters. The Hall–Kier alpha value is -4.06. The van der Waals surface area contributed by atoms with E-state index in [-0.39, 0.29) is 24.3 Å². The lowest BCUT2D eigenvalue weighted by molar-refractivity contribution is -0.166. The fourth-order valence-corrected chi connectivity index (χ4v) is 6.21. The van der Waals surface area contributed by atoms with Crippen LogP contribution in [0.25, 0.3) is 10.9 Å². The third kappa shape index (κ3) is 3.70. The van der Waals surface area contributed by atoms with E-state index in [1.165, 1.54) is 5.56 Å². The lowest BCUT2D eigenvalue weighted by Gasteiger charge is -2.51. The van der Waals surface area contributed by atoms with Crippen molar-refractivity contribution >= 4 is 22.7 Å². The molecule has 3 aromatic carbocycles. The first-order valence-corrected chi connectivity index (χ1v) is 12.9. The summed E-state index contributed by atoms with van der Waals surface area (Å²) in [7, 11) is 1.67. The number of para-hydroxylation sites is 2. The van der Waals surface area contributed by atoms with Crippen molar-refractivity contribution in [3.63, 3.8) is 0 Å². The number of aryl methyl sites for hydroxylation is 1. The van der Waals surface area contributed by atoms with Crippen LogP contribution in [0.3, 0.4) is 0 Å². The minimum atomic E-state index is -1.09. The van der Waals surface area contributed by atoms with Crippen molar-refractivity contribution in [2.45, 2.75) is 31.2 Å². The number of hydrogen-bond donors (Lipinski definition) is 1. The molecule has 1 fully saturated rings. The van der Waals surface area contributed by atoms with Gasteiger partial charge in [0, 0.05) is 35.5 Å². The SMILES string of the molecule is COc1ccccc1C1CN2C(=O)CN(CCCc3ccccc3)C(=O)[C@]2(C)c2[nH]c3ccccc3c21. The van der Waals surface area contributed by atoms with Gasteiger partial charge in [0.25, 0.3) is 5.91 Å². The van der Waals surface area contributed by atoms with Gasteiger partial charge in [-0.05, 0) is 43.0 Å². The number of nitrogens with zero attached hydrogens (tertiary/aromatic N) is 2. The summed E-state index contributed by atoms with van der Waals surface area (Å²) < 4.78 is 5.72. The van der Waals surface area contributed by atoms with Crippen LogP contribution in [0.15, 0.2) is 78.9 Å². The zero-order valence-electron chi connectivity index (χ0n) is 21.2. The van der Waals surface area contributed by atoms with E-state index >= 15 is 0 Å². The Kier molecular flexibility index (Phi) is 5.75. The first-order valence-electron chi connectivity index (χ1n) is 12.9. The summed E-state index contributed by atoms with van der Waals surface area (Å²) in [5.41, 5.74) is 4.02. The van der Waals surface area contributed by atoms with Gasteiger partial charge in [-0.25, -0.2) is 0 Å². The number of hydrogen-bond acceptors (Lipinski definition) is 3. The quantitative estimate of drug-likeness (QED) is 0.418. The lowest BCUT2D eigenvalue weighted by Crippen LogP contribution is -2.67. The molecule has 188 valence electrons. The van der Waals surface area contributed by atoms with E-state index in [0.717, 1.165) is 46.3 Å². The van der Waals surface area contributed by atoms with E-state index < -0.39 is 5.54 Å². The zero-order chi connectivity index (χ0) is 25.6. The van der Waals surface area contributed by atoms with Gasteiger partial charge in [-0.1, -0.05) is 66.7 Å². The van der Waals surface area contributed by atoms with Gasteiger partial charge in [-0.2, -0.15) is 0 Å². The topological polar surface area (TPSA) is 65.6 Å². The van der Waals surface area contributed by atoms with Gasteiger partial charge in [-0.3, -0.25) is 9.59 Å². The predicted molar refractivity (Wildman–Crippen MR) is 144 cm³/mol. The van der Waals surface area contributed by atoms with Gasteiger partial charge < -0.3 is 19.5 Å². The van der Waals surface area contributed by atoms with E-state index in [2.05, 4.69) is 29.2 Å². The van der Waals surface area contributed by atoms with Crippen LogP contribution in [-0.4, -0.2) is 53.3 Å². The molecule has 0 bridgehead atoms. The molecule has 0 spiro atoms. The summed E-state index contributed by atoms with van der Waals surface area (Å²) in [6, 6.07) is 26.4. The van der Waals surface area contributed by atoms with Crippen LogP contribution in [0.1, 0.15) is 41.6 Å². The van der Waals surface area contributed by atoms with Crippen LogP contribution in [0, 0.1) is 0 Å². The Balaban J connectivity index is 1.41. The molecule has 4 aromatic rings. The summed E-state index contributed by atoms with van der Waals surface area (Å²) in [6.07, 6.45) is 1.68. The summed E-state index contributed by atoms with van der Waals surface area (Å²) in [4.78, 5) is 34.9. The third-order valence-corrected chi connectivity index (χ3v) is 8.07. The zero-order valence-corrected chi connectivity index (χ0v) is 21.2. The van der Waals surface area contributed by atoms with Gasteiger partial charge in [0.15, 0.2) is 5.54 Å². The second-order valence-electron chi connectivity index (χ2n) is 10.1. The van der Waals surface area contributed by atoms with Crippen LogP contribution >= 0.6 is 0 Å². The number of carbonyl (C=O) groups excluding carboxylic acids is 2. The Morgan fingerprint density at radius 3 is 2.51 bits per heavy atom. The number of nitrogens with one attached hydrogen (secondary N) is 1. The number of benzene rings is 3. The van der Waals surface area contributed by atoms with Crippen molar-refractivity contribution in [2.24, 2.45) is 0 Å². The van der Waals surface area contributed by atoms with Crippen LogP contribution in [0.2, 0.25) is 0 Å². The molecular formula is C31H31N3O3. The average molecular weight is 494 g/mol. The number of aromatic amines is 1. The van der Waals surface area contributed by atoms with Gasteiger partial charge >= 0.3 is 0 Å². The highest BCUT2D eigenvalue weighted by molar-refractivity contribution is 6.01. The Labute approximate surface area is 216 Å². The Morgan fingerprint density at radius 1 is 0.973 bits per heavy atom. The molecule has 37 heavy (non-hydrogen) atoms. The van der Waals surface area contributed by atoms with Crippen LogP contribution in [-0.2, 0) is 21.5 Å². The van der Waals surface area contributed by atoms with Gasteiger partial charge in [0.05, 0.1) is 19.3 Å². The fourth-order valence-electron chi connectivity index (χ4n) is 6.21. The van der Waals surface area contributed by atoms with Crippen LogP contribution < -0.4 is 4.74 Å². The maximum absolute atomic E-state index is 14.2. The molecule has 1 N–H and O–H groups in total. The second-order valence-corrected chi connectivity index (χ2v) is 10.1. The molecule has 2 atom stereocenters. The molecule has 6 rings (SSSR count). The number of amides is 2. The first kappa shape index (κ1) is 23.3. The molecule has 6 heteroatoms. The molecule has 2 aliphatic heterocycles. The molecule has 1 saturated heterocycles. The summed E-state index contributed by atoms with van der Waals surface area (Å²) >= 11 is 0. The van der Waals surface area contributed by atoms with Crippen molar-refractivity contribution in [1.29, 1.82) is 0 Å². The number of ether oxygens (including phenoxy) is 1. The normalized spacial score (nSPS) is 21.2. The van der Waals surface area contributed by atoms with Crippen molar-refractivity contribution in [1.82, 2.24) is 14.8 Å². The van der Waals surface area contributed by atoms with Crippen molar-refractivity contribution in [3.8, 4) is 5.75 Å². The average Bonchev–Trinajstić information content (AvgIpc) is 3.33. The summed E-state index contributed by atoms with van der Waals surface area (Å²) in [5, 5.41) is 1.08. The monoisotopic (exact) mass is 493 g/mol. The highest BCUT2D eigenvalue weighted by Gasteiger charge is 2.56. The van der Waals surface area contributed by atoms with E-state index in [9.17, 15) is 9.59 Å². The Bertz CT molecular complexity index is 1480. The largest absolute Gasteiger partial charge is 0.496 e. The smallest absolute Gasteiger partial charge is 0.254 e. The van der Waals surface area contributed by atoms with E-state index in [1.807, 2.05) is 61.5 Å². The van der Waals surface area contributed by atoms with Crippen LogP contribution in [0.4, 0.5) is 0 Å². The first-order chi connectivity index (χ1) is 18.0. The van der Waals surface area contributed by atoms with E-state index in [0.29, 0.717) is 13.1 Å². The number of H-pyrrole nitrogens is 1. The van der Waals surface area contributed by atoms with Gasteiger partial charge in [-0.15, -0.1) is 0 Å². The molecule has 0 saturated carbocycles. The summed E-state index contributed by atoms with van der Waals surface area (Å²) in [6.45, 7) is 2.99. The second kappa shape index (κ2) is 9.11. The fraction of sp³-hybridized carbons (Fsp3) is 0.290. The number of piperazine rings is 1. The molecule has 2 aliphatic rings. The van der Waals surface area contributed by atoms with Gasteiger partial charge in [0.1, 0.15) is 5.75 Å². The highest BCUT2D eigenvalue weighted by Crippen LogP contribution is 2.49. The lowest BCUT2D eigenvalue weighted by atomic mass is 9.76. The van der Waals surface area contributed by atoms with Crippen molar-refractivity contribution < 1.29 is 14.3 Å². The number of methoxy groups -OCH3 is 1. The van der Waals surface area contributed by atoms with E-state index in [4.69, 9.17) is 4.74 Å². The number of fused-ring (bicyclic) bond motifs is 5. The van der Waals surface area contributed by atoms with Crippen molar-refractivity contribution in [2.75, 3.05) is 26.7 Å². The number of aromatic nitrogens is 1. The molecule has 1 aromatic heterocycles. The third-order valence-electron chi connectivity index (χ3n) is 8.07. The minimum Gasteiger partial charge on any atom is -0.496 e. The summed E-state index contributed by atoms with van der Waals surface area (Å²) in [5.74, 6) is 0.625.